The first kappa shape index (κ1) is 13.4. The van der Waals surface area contributed by atoms with E-state index in [-0.39, 0.29) is 0 Å². The summed E-state index contributed by atoms with van der Waals surface area (Å²) in [6.07, 6.45) is 0. The van der Waals surface area contributed by atoms with Crippen LogP contribution in [-0.4, -0.2) is 5.97 Å². The molecule has 0 aliphatic heterocycles. The number of benzene rings is 3. The van der Waals surface area contributed by atoms with Crippen LogP contribution in [0.2, 0.25) is 0 Å². The molecule has 0 fully saturated rings. The van der Waals surface area contributed by atoms with E-state index in [0.29, 0.717) is 11.3 Å². The molecule has 0 saturated carbocycles. The van der Waals surface area contributed by atoms with Crippen molar-refractivity contribution in [3.63, 3.8) is 0 Å². The highest BCUT2D eigenvalue weighted by Gasteiger charge is 2.13. The average Bonchev–Trinajstić information content (AvgIpc) is 2.47. The second-order valence-electron chi connectivity index (χ2n) is 5.32. The first-order chi connectivity index (χ1) is 10.1. The van der Waals surface area contributed by atoms with Crippen LogP contribution in [0.5, 0.6) is 5.75 Å². The van der Waals surface area contributed by atoms with Gasteiger partial charge in [-0.25, -0.2) is 4.79 Å². The number of hydrogen-bond donors (Lipinski definition) is 0. The number of esters is 1. The highest BCUT2D eigenvalue weighted by Crippen LogP contribution is 2.35. The van der Waals surface area contributed by atoms with Crippen LogP contribution in [0.4, 0.5) is 0 Å². The third kappa shape index (κ3) is 2.40. The van der Waals surface area contributed by atoms with Gasteiger partial charge < -0.3 is 4.74 Å². The lowest BCUT2D eigenvalue weighted by molar-refractivity contribution is -0.129. The van der Waals surface area contributed by atoms with Gasteiger partial charge in [-0.1, -0.05) is 48.5 Å². The number of fused-ring (bicyclic) bond motifs is 2. The van der Waals surface area contributed by atoms with Gasteiger partial charge in [0, 0.05) is 16.3 Å². The summed E-state index contributed by atoms with van der Waals surface area (Å²) in [6.45, 7) is 7.33. The van der Waals surface area contributed by atoms with E-state index in [1.807, 2.05) is 37.3 Å². The molecule has 0 heterocycles. The van der Waals surface area contributed by atoms with Crippen molar-refractivity contribution >= 4 is 27.5 Å². The van der Waals surface area contributed by atoms with Gasteiger partial charge in [-0.15, -0.1) is 0 Å². The summed E-state index contributed by atoms with van der Waals surface area (Å²) in [4.78, 5) is 12.0. The smallest absolute Gasteiger partial charge is 0.338 e. The molecule has 2 heteroatoms. The molecule has 3 rings (SSSR count). The molecule has 0 radical (unpaired) electrons. The Morgan fingerprint density at radius 3 is 2.48 bits per heavy atom. The predicted molar refractivity (Wildman–Crippen MR) is 86.6 cm³/mol. The second kappa shape index (κ2) is 5.06. The van der Waals surface area contributed by atoms with E-state index < -0.39 is 5.97 Å². The van der Waals surface area contributed by atoms with Crippen molar-refractivity contribution in [1.29, 1.82) is 0 Å². The highest BCUT2D eigenvalue weighted by atomic mass is 16.5. The lowest BCUT2D eigenvalue weighted by atomic mass is 10.0. The van der Waals surface area contributed by atoms with Crippen LogP contribution >= 0.6 is 0 Å². The van der Waals surface area contributed by atoms with Gasteiger partial charge in [0.05, 0.1) is 0 Å². The van der Waals surface area contributed by atoms with E-state index in [4.69, 9.17) is 4.74 Å². The molecule has 0 atom stereocenters. The van der Waals surface area contributed by atoms with E-state index in [0.717, 1.165) is 27.1 Å². The molecule has 2 nitrogen and oxygen atoms in total. The van der Waals surface area contributed by atoms with Crippen LogP contribution in [0.3, 0.4) is 0 Å². The summed E-state index contributed by atoms with van der Waals surface area (Å²) in [5, 5.41) is 4.00. The highest BCUT2D eigenvalue weighted by molar-refractivity contribution is 6.07. The van der Waals surface area contributed by atoms with Crippen LogP contribution < -0.4 is 4.74 Å². The Bertz CT molecular complexity index is 875. The van der Waals surface area contributed by atoms with Gasteiger partial charge in [0.25, 0.3) is 0 Å². The predicted octanol–water partition coefficient (Wildman–Crippen LogP) is 4.78. The Morgan fingerprint density at radius 2 is 1.71 bits per heavy atom. The van der Waals surface area contributed by atoms with Crippen LogP contribution in [0.25, 0.3) is 21.5 Å². The van der Waals surface area contributed by atoms with E-state index in [1.165, 1.54) is 0 Å². The zero-order valence-electron chi connectivity index (χ0n) is 12.1. The number of rotatable bonds is 2. The van der Waals surface area contributed by atoms with Gasteiger partial charge in [0.15, 0.2) is 0 Å². The van der Waals surface area contributed by atoms with Crippen molar-refractivity contribution in [2.24, 2.45) is 0 Å². The Labute approximate surface area is 123 Å². The van der Waals surface area contributed by atoms with E-state index in [1.54, 1.807) is 6.92 Å². The van der Waals surface area contributed by atoms with Gasteiger partial charge >= 0.3 is 5.97 Å². The first-order valence-corrected chi connectivity index (χ1v) is 6.86. The van der Waals surface area contributed by atoms with Crippen molar-refractivity contribution in [1.82, 2.24) is 0 Å². The van der Waals surface area contributed by atoms with Gasteiger partial charge in [0.2, 0.25) is 0 Å². The van der Waals surface area contributed by atoms with Gasteiger partial charge in [-0.05, 0) is 36.8 Å². The van der Waals surface area contributed by atoms with Crippen LogP contribution in [-0.2, 0) is 4.79 Å². The number of hydrogen-bond acceptors (Lipinski definition) is 2. The third-order valence-electron chi connectivity index (χ3n) is 3.51. The Balaban J connectivity index is 2.35. The maximum atomic E-state index is 12.0. The first-order valence-electron chi connectivity index (χ1n) is 6.86. The van der Waals surface area contributed by atoms with Crippen molar-refractivity contribution in [3.8, 4) is 5.75 Å². The number of carbonyl (C=O) groups is 1. The van der Waals surface area contributed by atoms with Gasteiger partial charge in [-0.3, -0.25) is 0 Å². The van der Waals surface area contributed by atoms with Gasteiger partial charge in [-0.2, -0.15) is 0 Å². The molecule has 0 amide bonds. The van der Waals surface area contributed by atoms with Gasteiger partial charge in [0.1, 0.15) is 5.75 Å². The molecule has 104 valence electrons. The summed E-state index contributed by atoms with van der Waals surface area (Å²) in [5.74, 6) is 0.217. The lowest BCUT2D eigenvalue weighted by Crippen LogP contribution is -2.09. The number of ether oxygens (including phenoxy) is 1. The van der Waals surface area contributed by atoms with E-state index >= 15 is 0 Å². The molecule has 21 heavy (non-hydrogen) atoms. The zero-order valence-corrected chi connectivity index (χ0v) is 12.1. The second-order valence-corrected chi connectivity index (χ2v) is 5.32. The van der Waals surface area contributed by atoms with Crippen molar-refractivity contribution in [3.05, 3.63) is 66.2 Å². The molecule has 3 aromatic carbocycles. The molecule has 0 saturated heterocycles. The summed E-state index contributed by atoms with van der Waals surface area (Å²) < 4.78 is 5.62. The minimum atomic E-state index is -0.394. The van der Waals surface area contributed by atoms with Crippen molar-refractivity contribution < 1.29 is 9.53 Å². The topological polar surface area (TPSA) is 26.3 Å². The van der Waals surface area contributed by atoms with Crippen LogP contribution in [0.15, 0.2) is 60.7 Å². The van der Waals surface area contributed by atoms with Crippen molar-refractivity contribution in [2.45, 2.75) is 13.8 Å². The van der Waals surface area contributed by atoms with Crippen molar-refractivity contribution in [2.75, 3.05) is 0 Å². The molecule has 0 aromatic heterocycles. The fourth-order valence-electron chi connectivity index (χ4n) is 2.42. The minimum Gasteiger partial charge on any atom is -0.422 e. The summed E-state index contributed by atoms with van der Waals surface area (Å²) in [6, 6.07) is 16.2. The maximum Gasteiger partial charge on any atom is 0.338 e. The molecule has 0 bridgehead atoms. The SMILES string of the molecule is C=C(C)C(=O)Oc1c2ccccc2cc2ccc(C)cc12. The fourth-order valence-corrected chi connectivity index (χ4v) is 2.42. The standard InChI is InChI=1S/C19H16O2/c1-12(2)19(20)21-18-16-7-5-4-6-14(16)11-15-9-8-13(3)10-17(15)18/h4-11H,1H2,2-3H3. The molecular weight excluding hydrogens is 260 g/mol. The summed E-state index contributed by atoms with van der Waals surface area (Å²) >= 11 is 0. The zero-order chi connectivity index (χ0) is 15.0. The van der Waals surface area contributed by atoms with E-state index in [9.17, 15) is 4.79 Å². The van der Waals surface area contributed by atoms with Crippen LogP contribution in [0, 0.1) is 6.92 Å². The van der Waals surface area contributed by atoms with E-state index in [2.05, 4.69) is 24.8 Å². The Hall–Kier alpha value is -2.61. The normalized spacial score (nSPS) is 10.8. The molecule has 3 aromatic rings. The summed E-state index contributed by atoms with van der Waals surface area (Å²) in [7, 11) is 0. The monoisotopic (exact) mass is 276 g/mol. The summed E-state index contributed by atoms with van der Waals surface area (Å²) in [5.41, 5.74) is 1.52. The fraction of sp³-hybridized carbons (Fsp3) is 0.105. The number of aryl methyl sites for hydroxylation is 1. The Kier molecular flexibility index (Phi) is 3.22. The lowest BCUT2D eigenvalue weighted by Gasteiger charge is -2.12. The largest absolute Gasteiger partial charge is 0.422 e. The Morgan fingerprint density at radius 1 is 1.00 bits per heavy atom. The average molecular weight is 276 g/mol. The molecule has 0 aliphatic carbocycles. The molecule has 0 spiro atoms. The molecule has 0 N–H and O–H groups in total. The molecule has 0 unspecified atom stereocenters. The number of carbonyl (C=O) groups excluding carboxylic acids is 1. The quantitative estimate of drug-likeness (QED) is 0.291. The molecular formula is C19H16O2. The third-order valence-corrected chi connectivity index (χ3v) is 3.51. The minimum absolute atomic E-state index is 0.392. The molecule has 0 aliphatic rings. The maximum absolute atomic E-state index is 12.0. The van der Waals surface area contributed by atoms with Crippen LogP contribution in [0.1, 0.15) is 12.5 Å².